The maximum Gasteiger partial charge on any atom is 0.349 e. The van der Waals surface area contributed by atoms with Gasteiger partial charge in [0.15, 0.2) is 0 Å². The summed E-state index contributed by atoms with van der Waals surface area (Å²) in [6, 6.07) is 14.4. The Bertz CT molecular complexity index is 1360. The minimum atomic E-state index is -4.06. The van der Waals surface area contributed by atoms with E-state index in [4.69, 9.17) is 0 Å². The van der Waals surface area contributed by atoms with Crippen molar-refractivity contribution in [2.75, 3.05) is 11.8 Å². The molecule has 4 rings (SSSR count). The Balaban J connectivity index is 1.70. The van der Waals surface area contributed by atoms with E-state index in [2.05, 4.69) is 14.4 Å². The fraction of sp³-hybridized carbons (Fsp3) is 0.0476. The second kappa shape index (κ2) is 8.58. The molecule has 0 aliphatic carbocycles. The molecule has 0 fully saturated rings. The Labute approximate surface area is 186 Å². The minimum absolute atomic E-state index is 0.0111. The summed E-state index contributed by atoms with van der Waals surface area (Å²) >= 11 is 2.24. The predicted octanol–water partition coefficient (Wildman–Crippen LogP) is 5.27. The molecule has 0 aliphatic rings. The summed E-state index contributed by atoms with van der Waals surface area (Å²) in [6.45, 7) is 0. The van der Waals surface area contributed by atoms with Crippen LogP contribution in [0.4, 0.5) is 10.1 Å². The third-order valence-corrected chi connectivity index (χ3v) is 7.65. The first-order valence-electron chi connectivity index (χ1n) is 8.89. The van der Waals surface area contributed by atoms with Gasteiger partial charge < -0.3 is 4.74 Å². The monoisotopic (exact) mass is 474 g/mol. The topological polar surface area (TPSA) is 85.4 Å². The fourth-order valence-corrected chi connectivity index (χ4v) is 6.16. The van der Waals surface area contributed by atoms with Crippen molar-refractivity contribution in [3.8, 4) is 21.8 Å². The molecule has 6 nitrogen and oxygen atoms in total. The van der Waals surface area contributed by atoms with Crippen LogP contribution in [0.2, 0.25) is 0 Å². The van der Waals surface area contributed by atoms with Crippen LogP contribution in [0.3, 0.4) is 0 Å². The number of ether oxygens (including phenoxy) is 1. The molecule has 4 aromatic rings. The number of nitrogens with zero attached hydrogens (tertiary/aromatic N) is 1. The highest BCUT2D eigenvalue weighted by atomic mass is 32.2. The molecule has 0 amide bonds. The van der Waals surface area contributed by atoms with Crippen LogP contribution in [0.15, 0.2) is 70.3 Å². The number of benzene rings is 2. The van der Waals surface area contributed by atoms with Crippen LogP contribution >= 0.6 is 22.7 Å². The van der Waals surface area contributed by atoms with Gasteiger partial charge in [-0.1, -0.05) is 30.3 Å². The number of aromatic nitrogens is 1. The lowest BCUT2D eigenvalue weighted by atomic mass is 10.1. The van der Waals surface area contributed by atoms with Gasteiger partial charge in [-0.3, -0.25) is 4.72 Å². The third kappa shape index (κ3) is 4.22. The van der Waals surface area contributed by atoms with Crippen molar-refractivity contribution >= 4 is 44.4 Å². The van der Waals surface area contributed by atoms with Crippen molar-refractivity contribution in [1.29, 1.82) is 0 Å². The summed E-state index contributed by atoms with van der Waals surface area (Å²) in [6.07, 6.45) is 0. The number of hydrogen-bond donors (Lipinski definition) is 1. The second-order valence-corrected chi connectivity index (χ2v) is 9.70. The standard InChI is InChI=1S/C21H15FN2O4S3/c1-28-21(25)19-18(10-11-29-19)31(26,27)24-16-9-5-3-7-14(16)17-12-30-20(23-17)13-6-2-4-8-15(13)22/h2-12,24H,1H3. The second-order valence-electron chi connectivity index (χ2n) is 6.27. The Hall–Kier alpha value is -3.08. The maximum absolute atomic E-state index is 14.1. The van der Waals surface area contributed by atoms with E-state index in [9.17, 15) is 17.6 Å². The number of hydrogen-bond acceptors (Lipinski definition) is 7. The molecule has 1 N–H and O–H groups in total. The number of esters is 1. The Kier molecular flexibility index (Phi) is 5.86. The number of nitrogens with one attached hydrogen (secondary N) is 1. The molecule has 0 saturated carbocycles. The molecule has 0 spiro atoms. The fourth-order valence-electron chi connectivity index (χ4n) is 2.90. The highest BCUT2D eigenvalue weighted by Gasteiger charge is 2.26. The molecule has 10 heteroatoms. The number of thiophene rings is 1. The smallest absolute Gasteiger partial charge is 0.349 e. The van der Waals surface area contributed by atoms with Crippen LogP contribution < -0.4 is 4.72 Å². The maximum atomic E-state index is 14.1. The molecule has 158 valence electrons. The van der Waals surface area contributed by atoms with Crippen molar-refractivity contribution in [1.82, 2.24) is 4.98 Å². The first-order chi connectivity index (χ1) is 14.9. The molecule has 31 heavy (non-hydrogen) atoms. The van der Waals surface area contributed by atoms with Gasteiger partial charge >= 0.3 is 5.97 Å². The molecule has 0 unspecified atom stereocenters. The number of anilines is 1. The van der Waals surface area contributed by atoms with E-state index in [1.807, 2.05) is 0 Å². The summed E-state index contributed by atoms with van der Waals surface area (Å²) < 4.78 is 47.3. The summed E-state index contributed by atoms with van der Waals surface area (Å²) in [5.74, 6) is -1.11. The molecule has 2 heterocycles. The van der Waals surface area contributed by atoms with Crippen molar-refractivity contribution in [2.24, 2.45) is 0 Å². The highest BCUT2D eigenvalue weighted by molar-refractivity contribution is 7.93. The summed E-state index contributed by atoms with van der Waals surface area (Å²) in [7, 11) is -2.87. The van der Waals surface area contributed by atoms with E-state index >= 15 is 0 Å². The van der Waals surface area contributed by atoms with Crippen LogP contribution in [0.5, 0.6) is 0 Å². The Morgan fingerprint density at radius 1 is 1.03 bits per heavy atom. The van der Waals surface area contributed by atoms with Gasteiger partial charge in [-0.25, -0.2) is 22.6 Å². The van der Waals surface area contributed by atoms with Crippen molar-refractivity contribution < 1.29 is 22.3 Å². The van der Waals surface area contributed by atoms with Crippen LogP contribution in [0.25, 0.3) is 21.8 Å². The largest absolute Gasteiger partial charge is 0.465 e. The van der Waals surface area contributed by atoms with Crippen LogP contribution in [0.1, 0.15) is 9.67 Å². The van der Waals surface area contributed by atoms with Crippen LogP contribution in [-0.2, 0) is 14.8 Å². The molecule has 0 radical (unpaired) electrons. The van der Waals surface area contributed by atoms with Gasteiger partial charge in [-0.15, -0.1) is 22.7 Å². The molecule has 2 aromatic heterocycles. The SMILES string of the molecule is COC(=O)c1sccc1S(=O)(=O)Nc1ccccc1-c1csc(-c2ccccc2F)n1. The molecule has 0 saturated heterocycles. The van der Waals surface area contributed by atoms with Gasteiger partial charge in [-0.05, 0) is 29.6 Å². The lowest BCUT2D eigenvalue weighted by molar-refractivity contribution is 0.0602. The quantitative estimate of drug-likeness (QED) is 0.385. The summed E-state index contributed by atoms with van der Waals surface area (Å²) in [4.78, 5) is 16.2. The predicted molar refractivity (Wildman–Crippen MR) is 119 cm³/mol. The van der Waals surface area contributed by atoms with E-state index in [1.54, 1.807) is 47.8 Å². The zero-order valence-electron chi connectivity index (χ0n) is 16.0. The Morgan fingerprint density at radius 2 is 1.74 bits per heavy atom. The average molecular weight is 475 g/mol. The van der Waals surface area contributed by atoms with Crippen LogP contribution in [-0.4, -0.2) is 26.5 Å². The zero-order chi connectivity index (χ0) is 22.0. The summed E-state index contributed by atoms with van der Waals surface area (Å²) in [5.41, 5.74) is 1.69. The number of para-hydroxylation sites is 1. The molecule has 0 atom stereocenters. The van der Waals surface area contributed by atoms with Gasteiger partial charge in [0.25, 0.3) is 10.0 Å². The van der Waals surface area contributed by atoms with E-state index in [-0.39, 0.29) is 21.3 Å². The van der Waals surface area contributed by atoms with Crippen LogP contribution in [0, 0.1) is 5.82 Å². The number of halogens is 1. The van der Waals surface area contributed by atoms with Gasteiger partial charge in [0.2, 0.25) is 0 Å². The molecule has 2 aromatic carbocycles. The molecular formula is C21H15FN2O4S3. The summed E-state index contributed by atoms with van der Waals surface area (Å²) in [5, 5.41) is 3.73. The van der Waals surface area contributed by atoms with E-state index in [0.29, 0.717) is 21.8 Å². The zero-order valence-corrected chi connectivity index (χ0v) is 18.5. The van der Waals surface area contributed by atoms with Crippen molar-refractivity contribution in [2.45, 2.75) is 4.90 Å². The lowest BCUT2D eigenvalue weighted by Gasteiger charge is -2.11. The highest BCUT2D eigenvalue weighted by Crippen LogP contribution is 2.35. The molecule has 0 aliphatic heterocycles. The third-order valence-electron chi connectivity index (χ3n) is 4.35. The number of carbonyl (C=O) groups is 1. The van der Waals surface area contributed by atoms with Gasteiger partial charge in [0.1, 0.15) is 20.6 Å². The average Bonchev–Trinajstić information content (AvgIpc) is 3.44. The number of thiazole rings is 1. The van der Waals surface area contributed by atoms with Gasteiger partial charge in [0.05, 0.1) is 18.5 Å². The van der Waals surface area contributed by atoms with Gasteiger partial charge in [-0.2, -0.15) is 0 Å². The molecular weight excluding hydrogens is 459 g/mol. The van der Waals surface area contributed by atoms with Crippen molar-refractivity contribution in [3.05, 3.63) is 76.1 Å². The van der Waals surface area contributed by atoms with Gasteiger partial charge in [0, 0.05) is 16.5 Å². The first-order valence-corrected chi connectivity index (χ1v) is 12.1. The minimum Gasteiger partial charge on any atom is -0.465 e. The van der Waals surface area contributed by atoms with E-state index in [1.165, 1.54) is 36.0 Å². The normalized spacial score (nSPS) is 11.3. The lowest BCUT2D eigenvalue weighted by Crippen LogP contribution is -2.16. The number of carbonyl (C=O) groups excluding carboxylic acids is 1. The van der Waals surface area contributed by atoms with E-state index < -0.39 is 16.0 Å². The number of sulfonamides is 1. The number of rotatable bonds is 6. The Morgan fingerprint density at radius 3 is 2.48 bits per heavy atom. The first kappa shape index (κ1) is 21.2. The number of methoxy groups -OCH3 is 1. The van der Waals surface area contributed by atoms with Crippen molar-refractivity contribution in [3.63, 3.8) is 0 Å². The molecule has 0 bridgehead atoms. The van der Waals surface area contributed by atoms with E-state index in [0.717, 1.165) is 11.3 Å².